The first-order valence-electron chi connectivity index (χ1n) is 10.7. The number of hydrogen-bond acceptors (Lipinski definition) is 6. The number of rotatable bonds is 8. The van der Waals surface area contributed by atoms with Gasteiger partial charge in [-0.15, -0.1) is 0 Å². The molecular weight excluding hydrogens is 408 g/mol. The molecule has 1 aliphatic heterocycles. The molecule has 0 unspecified atom stereocenters. The minimum atomic E-state index is -0.551. The van der Waals surface area contributed by atoms with Crippen molar-refractivity contribution in [2.24, 2.45) is 0 Å². The number of amides is 1. The molecule has 4 rings (SSSR count). The summed E-state index contributed by atoms with van der Waals surface area (Å²) >= 11 is 0. The predicted octanol–water partition coefficient (Wildman–Crippen LogP) is 3.79. The zero-order chi connectivity index (χ0) is 22.2. The zero-order valence-corrected chi connectivity index (χ0v) is 18.2. The molecule has 0 aliphatic carbocycles. The third-order valence-corrected chi connectivity index (χ3v) is 5.28. The minimum absolute atomic E-state index is 0.178. The van der Waals surface area contributed by atoms with Gasteiger partial charge in [-0.25, -0.2) is 4.79 Å². The number of carbonyl (C=O) groups excluding carboxylic acids is 1. The summed E-state index contributed by atoms with van der Waals surface area (Å²) in [6, 6.07) is 15.4. The summed E-state index contributed by atoms with van der Waals surface area (Å²) in [4.78, 5) is 21.1. The Morgan fingerprint density at radius 2 is 1.97 bits per heavy atom. The van der Waals surface area contributed by atoms with Gasteiger partial charge in [0.1, 0.15) is 6.61 Å². The first kappa shape index (κ1) is 22.0. The van der Waals surface area contributed by atoms with E-state index in [2.05, 4.69) is 15.1 Å². The molecule has 0 saturated carbocycles. The second-order valence-corrected chi connectivity index (χ2v) is 7.66. The lowest BCUT2D eigenvalue weighted by molar-refractivity contribution is 0.0144. The Bertz CT molecular complexity index is 985. The lowest BCUT2D eigenvalue weighted by atomic mass is 10.1. The Kier molecular flexibility index (Phi) is 7.50. The molecule has 1 N–H and O–H groups in total. The summed E-state index contributed by atoms with van der Waals surface area (Å²) < 4.78 is 10.9. The molecule has 32 heavy (non-hydrogen) atoms. The molecule has 1 aliphatic rings. The number of aromatic nitrogens is 2. The molecule has 0 atom stereocenters. The fourth-order valence-corrected chi connectivity index (χ4v) is 3.52. The summed E-state index contributed by atoms with van der Waals surface area (Å²) in [5, 5.41) is 8.02. The van der Waals surface area contributed by atoms with Crippen molar-refractivity contribution in [3.05, 3.63) is 72.1 Å². The normalized spacial score (nSPS) is 14.3. The highest BCUT2D eigenvalue weighted by Crippen LogP contribution is 2.23. The number of hydrogen-bond donors (Lipinski definition) is 1. The number of ether oxygens (including phenoxy) is 2. The molecule has 1 fully saturated rings. The van der Waals surface area contributed by atoms with Gasteiger partial charge in [0.15, 0.2) is 0 Å². The highest BCUT2D eigenvalue weighted by molar-refractivity contribution is 5.85. The summed E-state index contributed by atoms with van der Waals surface area (Å²) in [6.07, 6.45) is 3.02. The van der Waals surface area contributed by atoms with Gasteiger partial charge < -0.3 is 9.47 Å². The van der Waals surface area contributed by atoms with Crippen LogP contribution in [-0.4, -0.2) is 60.6 Å². The first-order chi connectivity index (χ1) is 15.7. The Labute approximate surface area is 187 Å². The smallest absolute Gasteiger partial charge is 0.439 e. The van der Waals surface area contributed by atoms with E-state index in [0.717, 1.165) is 48.6 Å². The number of aromatic amines is 1. The number of carbonyl (C=O) groups is 1. The third-order valence-electron chi connectivity index (χ3n) is 5.28. The lowest BCUT2D eigenvalue weighted by Crippen LogP contribution is -2.40. The van der Waals surface area contributed by atoms with Gasteiger partial charge in [-0.05, 0) is 30.2 Å². The van der Waals surface area contributed by atoms with Crippen LogP contribution in [0.15, 0.2) is 60.9 Å². The van der Waals surface area contributed by atoms with E-state index in [4.69, 9.17) is 14.3 Å². The SMILES string of the molecule is Cc1cccc(COC(=O)N(OCCN2CCOCC2)c2ccc(-c3cn[nH]c3)cc2)c1. The molecule has 168 valence electrons. The van der Waals surface area contributed by atoms with Crippen LogP contribution in [0.2, 0.25) is 0 Å². The average molecular weight is 437 g/mol. The van der Waals surface area contributed by atoms with E-state index in [-0.39, 0.29) is 6.61 Å². The maximum Gasteiger partial charge on any atom is 0.439 e. The topological polar surface area (TPSA) is 79.9 Å². The van der Waals surface area contributed by atoms with E-state index >= 15 is 0 Å². The van der Waals surface area contributed by atoms with Crippen LogP contribution in [0.1, 0.15) is 11.1 Å². The number of anilines is 1. The number of morpholine rings is 1. The fraction of sp³-hybridized carbons (Fsp3) is 0.333. The number of nitrogens with zero attached hydrogens (tertiary/aromatic N) is 3. The number of benzene rings is 2. The number of hydroxylamine groups is 1. The van der Waals surface area contributed by atoms with E-state index in [1.807, 2.05) is 61.7 Å². The van der Waals surface area contributed by atoms with E-state index in [1.165, 1.54) is 5.06 Å². The molecular formula is C24H28N4O4. The van der Waals surface area contributed by atoms with E-state index in [0.29, 0.717) is 18.8 Å². The van der Waals surface area contributed by atoms with Crippen molar-refractivity contribution in [2.45, 2.75) is 13.5 Å². The maximum atomic E-state index is 12.9. The van der Waals surface area contributed by atoms with Crippen molar-refractivity contribution in [1.29, 1.82) is 0 Å². The van der Waals surface area contributed by atoms with Gasteiger partial charge in [0, 0.05) is 31.4 Å². The van der Waals surface area contributed by atoms with Crippen LogP contribution in [0.3, 0.4) is 0 Å². The molecule has 1 aromatic heterocycles. The van der Waals surface area contributed by atoms with Crippen molar-refractivity contribution in [3.63, 3.8) is 0 Å². The molecule has 8 nitrogen and oxygen atoms in total. The van der Waals surface area contributed by atoms with Gasteiger partial charge >= 0.3 is 6.09 Å². The Morgan fingerprint density at radius 1 is 1.16 bits per heavy atom. The summed E-state index contributed by atoms with van der Waals surface area (Å²) in [6.45, 7) is 6.42. The van der Waals surface area contributed by atoms with Crippen molar-refractivity contribution < 1.29 is 19.1 Å². The van der Waals surface area contributed by atoms with Crippen LogP contribution in [0.25, 0.3) is 11.1 Å². The number of aryl methyl sites for hydroxylation is 1. The van der Waals surface area contributed by atoms with Crippen LogP contribution < -0.4 is 5.06 Å². The van der Waals surface area contributed by atoms with Crippen LogP contribution in [-0.2, 0) is 20.9 Å². The summed E-state index contributed by atoms with van der Waals surface area (Å²) in [5.41, 5.74) is 4.62. The largest absolute Gasteiger partial charge is 0.443 e. The molecule has 1 amide bonds. The van der Waals surface area contributed by atoms with Gasteiger partial charge in [0.25, 0.3) is 0 Å². The van der Waals surface area contributed by atoms with Gasteiger partial charge in [-0.2, -0.15) is 10.2 Å². The first-order valence-corrected chi connectivity index (χ1v) is 10.7. The van der Waals surface area contributed by atoms with Gasteiger partial charge in [0.2, 0.25) is 0 Å². The van der Waals surface area contributed by atoms with Gasteiger partial charge in [-0.1, -0.05) is 42.0 Å². The van der Waals surface area contributed by atoms with Crippen LogP contribution in [0.4, 0.5) is 10.5 Å². The molecule has 1 saturated heterocycles. The van der Waals surface area contributed by atoms with E-state index < -0.39 is 6.09 Å². The quantitative estimate of drug-likeness (QED) is 0.541. The number of H-pyrrole nitrogens is 1. The van der Waals surface area contributed by atoms with E-state index in [1.54, 1.807) is 6.20 Å². The highest BCUT2D eigenvalue weighted by atomic mass is 16.7. The summed E-state index contributed by atoms with van der Waals surface area (Å²) in [5.74, 6) is 0. The zero-order valence-electron chi connectivity index (χ0n) is 18.2. The van der Waals surface area contributed by atoms with Crippen molar-refractivity contribution in [1.82, 2.24) is 15.1 Å². The molecule has 2 heterocycles. The number of nitrogens with one attached hydrogen (secondary N) is 1. The molecule has 3 aromatic rings. The van der Waals surface area contributed by atoms with Gasteiger partial charge in [-0.3, -0.25) is 14.8 Å². The fourth-order valence-electron chi connectivity index (χ4n) is 3.52. The molecule has 8 heteroatoms. The van der Waals surface area contributed by atoms with Crippen molar-refractivity contribution in [2.75, 3.05) is 44.5 Å². The Balaban J connectivity index is 1.43. The molecule has 2 aromatic carbocycles. The van der Waals surface area contributed by atoms with Crippen molar-refractivity contribution >= 4 is 11.8 Å². The second kappa shape index (κ2) is 10.9. The van der Waals surface area contributed by atoms with Crippen molar-refractivity contribution in [3.8, 4) is 11.1 Å². The third kappa shape index (κ3) is 5.94. The standard InChI is InChI=1S/C24H28N4O4/c1-19-3-2-4-20(15-19)18-31-24(29)28(32-14-11-27-9-12-30-13-10-27)23-7-5-21(6-8-23)22-16-25-26-17-22/h2-8,15-17H,9-14,18H2,1H3,(H,25,26). The highest BCUT2D eigenvalue weighted by Gasteiger charge is 2.20. The molecule has 0 bridgehead atoms. The van der Waals surface area contributed by atoms with Gasteiger partial charge in [0.05, 0.1) is 31.7 Å². The Hall–Kier alpha value is -3.20. The monoisotopic (exact) mass is 436 g/mol. The maximum absolute atomic E-state index is 12.9. The lowest BCUT2D eigenvalue weighted by Gasteiger charge is -2.28. The molecule has 0 spiro atoms. The minimum Gasteiger partial charge on any atom is -0.443 e. The molecule has 0 radical (unpaired) electrons. The second-order valence-electron chi connectivity index (χ2n) is 7.66. The van der Waals surface area contributed by atoms with Crippen LogP contribution in [0.5, 0.6) is 0 Å². The van der Waals surface area contributed by atoms with Crippen LogP contribution in [0, 0.1) is 6.92 Å². The summed E-state index contributed by atoms with van der Waals surface area (Å²) in [7, 11) is 0. The van der Waals surface area contributed by atoms with Crippen LogP contribution >= 0.6 is 0 Å². The Morgan fingerprint density at radius 3 is 2.69 bits per heavy atom. The van der Waals surface area contributed by atoms with E-state index in [9.17, 15) is 4.79 Å². The predicted molar refractivity (Wildman–Crippen MR) is 121 cm³/mol. The average Bonchev–Trinajstić information content (AvgIpc) is 3.36.